The fourth-order valence-electron chi connectivity index (χ4n) is 1.52. The number of aromatic nitrogens is 1. The molecule has 0 saturated heterocycles. The maximum Gasteiger partial charge on any atom is 0.226 e. The summed E-state index contributed by atoms with van der Waals surface area (Å²) in [7, 11) is 0. The molecule has 85 valence electrons. The van der Waals surface area contributed by atoms with E-state index in [2.05, 4.69) is 4.98 Å². The normalized spacial score (nSPS) is 10.2. The van der Waals surface area contributed by atoms with Crippen LogP contribution >= 0.6 is 0 Å². The number of nitrogens with two attached hydrogens (primary N) is 1. The molecule has 0 aliphatic heterocycles. The molecule has 1 heterocycles. The highest BCUT2D eigenvalue weighted by Gasteiger charge is 2.03. The summed E-state index contributed by atoms with van der Waals surface area (Å²) in [6, 6.07) is 10.1. The van der Waals surface area contributed by atoms with E-state index in [9.17, 15) is 9.18 Å². The van der Waals surface area contributed by atoms with Crippen molar-refractivity contribution in [2.24, 2.45) is 5.73 Å². The number of primary amides is 1. The van der Waals surface area contributed by atoms with E-state index in [0.717, 1.165) is 11.1 Å². The van der Waals surface area contributed by atoms with E-state index in [1.807, 2.05) is 6.07 Å². The van der Waals surface area contributed by atoms with Gasteiger partial charge in [0.15, 0.2) is 0 Å². The van der Waals surface area contributed by atoms with Gasteiger partial charge >= 0.3 is 0 Å². The number of hydrogen-bond donors (Lipinski definition) is 1. The first-order chi connectivity index (χ1) is 8.15. The molecule has 2 rings (SSSR count). The molecule has 0 spiro atoms. The molecule has 0 unspecified atom stereocenters. The first-order valence-corrected chi connectivity index (χ1v) is 5.01. The van der Waals surface area contributed by atoms with Crippen molar-refractivity contribution in [3.8, 4) is 11.1 Å². The van der Waals surface area contributed by atoms with E-state index < -0.39 is 11.9 Å². The Labute approximate surface area is 98.1 Å². The summed E-state index contributed by atoms with van der Waals surface area (Å²) in [5.74, 6) is -1.02. The van der Waals surface area contributed by atoms with Crippen molar-refractivity contribution in [3.63, 3.8) is 0 Å². The Kier molecular flexibility index (Phi) is 3.14. The van der Waals surface area contributed by atoms with Crippen LogP contribution in [0.3, 0.4) is 0 Å². The molecule has 17 heavy (non-hydrogen) atoms. The fourth-order valence-corrected chi connectivity index (χ4v) is 1.52. The topological polar surface area (TPSA) is 56.0 Å². The quantitative estimate of drug-likeness (QED) is 0.817. The standard InChI is InChI=1S/C13H10FN2O/c14-12-5-4-11(8-16-12)10-3-1-2-9(6-10)7-13(15)17/h1-8H,(H2,15,17). The van der Waals surface area contributed by atoms with Gasteiger partial charge in [-0.3, -0.25) is 4.79 Å². The molecule has 0 aliphatic rings. The third kappa shape index (κ3) is 2.87. The first-order valence-electron chi connectivity index (χ1n) is 5.01. The second kappa shape index (κ2) is 4.74. The summed E-state index contributed by atoms with van der Waals surface area (Å²) in [5.41, 5.74) is 7.42. The minimum atomic E-state index is -0.520. The van der Waals surface area contributed by atoms with Gasteiger partial charge in [-0.15, -0.1) is 0 Å². The second-order valence-corrected chi connectivity index (χ2v) is 3.54. The van der Waals surface area contributed by atoms with Gasteiger partial charge in [0.05, 0.1) is 6.42 Å². The molecular formula is C13H10FN2O. The first kappa shape index (κ1) is 11.3. The number of amides is 1. The van der Waals surface area contributed by atoms with Crippen molar-refractivity contribution in [2.45, 2.75) is 0 Å². The average molecular weight is 229 g/mol. The highest BCUT2D eigenvalue weighted by atomic mass is 19.1. The molecule has 3 nitrogen and oxygen atoms in total. The van der Waals surface area contributed by atoms with Crippen LogP contribution in [0.4, 0.5) is 4.39 Å². The Balaban J connectivity index is 2.32. The van der Waals surface area contributed by atoms with Gasteiger partial charge in [0.2, 0.25) is 11.9 Å². The summed E-state index contributed by atoms with van der Waals surface area (Å²) < 4.78 is 12.7. The summed E-state index contributed by atoms with van der Waals surface area (Å²) >= 11 is 0. The number of benzene rings is 1. The number of hydrogen-bond acceptors (Lipinski definition) is 2. The Morgan fingerprint density at radius 3 is 2.71 bits per heavy atom. The van der Waals surface area contributed by atoms with Crippen molar-refractivity contribution in [2.75, 3.05) is 0 Å². The van der Waals surface area contributed by atoms with Crippen LogP contribution < -0.4 is 5.73 Å². The van der Waals surface area contributed by atoms with Crippen LogP contribution in [0, 0.1) is 12.4 Å². The van der Waals surface area contributed by atoms with Crippen molar-refractivity contribution in [1.82, 2.24) is 4.98 Å². The Morgan fingerprint density at radius 2 is 2.06 bits per heavy atom. The van der Waals surface area contributed by atoms with Gasteiger partial charge < -0.3 is 5.73 Å². The Bertz CT molecular complexity index is 537. The number of halogens is 1. The second-order valence-electron chi connectivity index (χ2n) is 3.54. The zero-order valence-corrected chi connectivity index (χ0v) is 8.93. The van der Waals surface area contributed by atoms with E-state index >= 15 is 0 Å². The molecule has 0 aliphatic carbocycles. The molecule has 0 atom stereocenters. The number of nitrogens with zero attached hydrogens (tertiary/aromatic N) is 1. The molecule has 1 aromatic heterocycles. The van der Waals surface area contributed by atoms with Crippen molar-refractivity contribution < 1.29 is 9.18 Å². The maximum absolute atomic E-state index is 12.7. The zero-order valence-electron chi connectivity index (χ0n) is 8.93. The number of carbonyl (C=O) groups excluding carboxylic acids is 1. The molecular weight excluding hydrogens is 219 g/mol. The van der Waals surface area contributed by atoms with Crippen LogP contribution in [0.25, 0.3) is 11.1 Å². The van der Waals surface area contributed by atoms with Gasteiger partial charge in [-0.1, -0.05) is 24.3 Å². The van der Waals surface area contributed by atoms with E-state index in [0.29, 0.717) is 5.56 Å². The average Bonchev–Trinajstić information content (AvgIpc) is 2.29. The van der Waals surface area contributed by atoms with Crippen LogP contribution in [0.5, 0.6) is 0 Å². The van der Waals surface area contributed by atoms with Crippen molar-refractivity contribution >= 4 is 5.91 Å². The molecule has 0 saturated carbocycles. The van der Waals surface area contributed by atoms with Gasteiger partial charge in [-0.2, -0.15) is 4.39 Å². The number of pyridine rings is 1. The predicted molar refractivity (Wildman–Crippen MR) is 62.2 cm³/mol. The molecule has 2 aromatic rings. The van der Waals surface area contributed by atoms with Gasteiger partial charge in [0.25, 0.3) is 0 Å². The van der Waals surface area contributed by atoms with Crippen molar-refractivity contribution in [3.05, 3.63) is 60.5 Å². The Hall–Kier alpha value is -2.23. The minimum absolute atomic E-state index is 0.501. The minimum Gasteiger partial charge on any atom is -0.369 e. The highest BCUT2D eigenvalue weighted by molar-refractivity contribution is 5.87. The van der Waals surface area contributed by atoms with Gasteiger partial charge in [0, 0.05) is 11.8 Å². The lowest BCUT2D eigenvalue weighted by Gasteiger charge is -2.03. The van der Waals surface area contributed by atoms with Crippen LogP contribution in [-0.4, -0.2) is 10.9 Å². The maximum atomic E-state index is 12.7. The lowest BCUT2D eigenvalue weighted by molar-refractivity contribution is -0.114. The SMILES string of the molecule is NC(=O)[CH]c1cccc(-c2ccc(F)nc2)c1. The lowest BCUT2D eigenvalue weighted by Crippen LogP contribution is -2.11. The van der Waals surface area contributed by atoms with E-state index in [1.54, 1.807) is 24.3 Å². The van der Waals surface area contributed by atoms with Crippen LogP contribution in [0.1, 0.15) is 5.56 Å². The largest absolute Gasteiger partial charge is 0.369 e. The van der Waals surface area contributed by atoms with E-state index in [-0.39, 0.29) is 0 Å². The van der Waals surface area contributed by atoms with Gasteiger partial charge in [0.1, 0.15) is 0 Å². The van der Waals surface area contributed by atoms with Crippen molar-refractivity contribution in [1.29, 1.82) is 0 Å². The number of rotatable bonds is 3. The lowest BCUT2D eigenvalue weighted by atomic mass is 10.0. The molecule has 1 radical (unpaired) electrons. The van der Waals surface area contributed by atoms with E-state index in [4.69, 9.17) is 5.73 Å². The molecule has 1 amide bonds. The fraction of sp³-hybridized carbons (Fsp3) is 0. The van der Waals surface area contributed by atoms with Gasteiger partial charge in [-0.25, -0.2) is 4.98 Å². The predicted octanol–water partition coefficient (Wildman–Crippen LogP) is 1.93. The third-order valence-corrected chi connectivity index (χ3v) is 2.26. The Morgan fingerprint density at radius 1 is 1.24 bits per heavy atom. The summed E-state index contributed by atoms with van der Waals surface area (Å²) in [5, 5.41) is 0. The molecule has 0 fully saturated rings. The summed E-state index contributed by atoms with van der Waals surface area (Å²) in [4.78, 5) is 14.3. The zero-order chi connectivity index (χ0) is 12.3. The highest BCUT2D eigenvalue weighted by Crippen LogP contribution is 2.20. The molecule has 4 heteroatoms. The number of carbonyl (C=O) groups is 1. The van der Waals surface area contributed by atoms with E-state index in [1.165, 1.54) is 18.7 Å². The molecule has 1 aromatic carbocycles. The van der Waals surface area contributed by atoms with Gasteiger partial charge in [-0.05, 0) is 23.3 Å². The van der Waals surface area contributed by atoms with Crippen LogP contribution in [0.15, 0.2) is 42.6 Å². The summed E-state index contributed by atoms with van der Waals surface area (Å²) in [6.45, 7) is 0. The monoisotopic (exact) mass is 229 g/mol. The molecule has 0 bridgehead atoms. The third-order valence-electron chi connectivity index (χ3n) is 2.26. The smallest absolute Gasteiger partial charge is 0.226 e. The van der Waals surface area contributed by atoms with Crippen LogP contribution in [0.2, 0.25) is 0 Å². The summed E-state index contributed by atoms with van der Waals surface area (Å²) in [6.07, 6.45) is 2.78. The van der Waals surface area contributed by atoms with Crippen LogP contribution in [-0.2, 0) is 4.79 Å². The molecule has 2 N–H and O–H groups in total.